The molecule has 0 atom stereocenters. The number of aromatic nitrogens is 2. The molecule has 2 aromatic rings. The summed E-state index contributed by atoms with van der Waals surface area (Å²) in [6.45, 7) is 7.92. The molecule has 0 radical (unpaired) electrons. The first-order chi connectivity index (χ1) is 9.75. The lowest BCUT2D eigenvalue weighted by Crippen LogP contribution is -2.28. The van der Waals surface area contributed by atoms with Gasteiger partial charge in [0.1, 0.15) is 10.2 Å². The van der Waals surface area contributed by atoms with Gasteiger partial charge in [-0.2, -0.15) is 0 Å². The monoisotopic (exact) mass is 352 g/mol. The molecule has 5 nitrogen and oxygen atoms in total. The normalized spacial score (nSPS) is 11.7. The van der Waals surface area contributed by atoms with E-state index in [4.69, 9.17) is 4.74 Å². The van der Waals surface area contributed by atoms with Crippen molar-refractivity contribution in [1.82, 2.24) is 9.55 Å². The van der Waals surface area contributed by atoms with Crippen molar-refractivity contribution in [3.05, 3.63) is 38.9 Å². The topological polar surface area (TPSA) is 61.2 Å². The first kappa shape index (κ1) is 15.7. The zero-order valence-electron chi connectivity index (χ0n) is 12.4. The van der Waals surface area contributed by atoms with Gasteiger partial charge >= 0.3 is 5.97 Å². The summed E-state index contributed by atoms with van der Waals surface area (Å²) in [7, 11) is 0. The largest absolute Gasteiger partial charge is 0.462 e. The predicted molar refractivity (Wildman–Crippen MR) is 84.7 cm³/mol. The molecule has 0 unspecified atom stereocenters. The minimum Gasteiger partial charge on any atom is -0.462 e. The lowest BCUT2D eigenvalue weighted by atomic mass is 10.1. The minimum absolute atomic E-state index is 0.0392. The van der Waals surface area contributed by atoms with Crippen molar-refractivity contribution >= 4 is 32.8 Å². The number of nitrogens with zero attached hydrogens (tertiary/aromatic N) is 2. The molecule has 0 bridgehead atoms. The van der Waals surface area contributed by atoms with Gasteiger partial charge in [-0.05, 0) is 49.7 Å². The van der Waals surface area contributed by atoms with Crippen LogP contribution < -0.4 is 5.43 Å². The van der Waals surface area contributed by atoms with Crippen molar-refractivity contribution in [3.63, 3.8) is 0 Å². The smallest absolute Gasteiger partial charge is 0.343 e. The third-order valence-corrected chi connectivity index (χ3v) is 3.51. The second-order valence-electron chi connectivity index (χ2n) is 5.66. The summed E-state index contributed by atoms with van der Waals surface area (Å²) in [6.07, 6.45) is 3.18. The van der Waals surface area contributed by atoms with Crippen LogP contribution in [0, 0.1) is 0 Å². The van der Waals surface area contributed by atoms with Crippen LogP contribution in [0.4, 0.5) is 0 Å². The Morgan fingerprint density at radius 1 is 1.43 bits per heavy atom. The molecule has 0 aromatic carbocycles. The summed E-state index contributed by atoms with van der Waals surface area (Å²) in [5, 5.41) is 0.442. The van der Waals surface area contributed by atoms with Gasteiger partial charge in [-0.25, -0.2) is 9.78 Å². The molecule has 0 saturated carbocycles. The van der Waals surface area contributed by atoms with Gasteiger partial charge in [0, 0.05) is 11.7 Å². The summed E-state index contributed by atoms with van der Waals surface area (Å²) in [4.78, 5) is 28.7. The Kier molecular flexibility index (Phi) is 4.18. The van der Waals surface area contributed by atoms with Gasteiger partial charge in [0.2, 0.25) is 5.43 Å². The van der Waals surface area contributed by atoms with Gasteiger partial charge < -0.3 is 9.30 Å². The maximum Gasteiger partial charge on any atom is 0.343 e. The fourth-order valence-electron chi connectivity index (χ4n) is 2.11. The Morgan fingerprint density at radius 2 is 2.10 bits per heavy atom. The van der Waals surface area contributed by atoms with Crippen molar-refractivity contribution in [2.75, 3.05) is 6.61 Å². The van der Waals surface area contributed by atoms with Gasteiger partial charge in [0.05, 0.1) is 23.7 Å². The van der Waals surface area contributed by atoms with Crippen LogP contribution in [-0.2, 0) is 10.3 Å². The molecule has 0 spiro atoms. The molecule has 0 saturated heterocycles. The molecular weight excluding hydrogens is 336 g/mol. The number of halogens is 1. The van der Waals surface area contributed by atoms with Gasteiger partial charge in [0.25, 0.3) is 0 Å². The highest BCUT2D eigenvalue weighted by atomic mass is 79.9. The van der Waals surface area contributed by atoms with Crippen molar-refractivity contribution in [2.45, 2.75) is 33.2 Å². The number of ether oxygens (including phenoxy) is 1. The van der Waals surface area contributed by atoms with Gasteiger partial charge in [-0.3, -0.25) is 4.79 Å². The van der Waals surface area contributed by atoms with Crippen LogP contribution >= 0.6 is 15.9 Å². The molecule has 0 fully saturated rings. The van der Waals surface area contributed by atoms with E-state index in [1.165, 1.54) is 0 Å². The number of carbonyl (C=O) groups excluding carboxylic acids is 1. The van der Waals surface area contributed by atoms with Crippen molar-refractivity contribution < 1.29 is 9.53 Å². The number of hydrogen-bond acceptors (Lipinski definition) is 4. The van der Waals surface area contributed by atoms with Gasteiger partial charge in [-0.1, -0.05) is 0 Å². The Balaban J connectivity index is 2.87. The maximum absolute atomic E-state index is 12.5. The number of hydrogen-bond donors (Lipinski definition) is 0. The minimum atomic E-state index is -0.602. The number of rotatable bonds is 2. The molecule has 0 N–H and O–H groups in total. The molecule has 0 aliphatic heterocycles. The third kappa shape index (κ3) is 3.00. The number of fused-ring (bicyclic) bond motifs is 1. The lowest BCUT2D eigenvalue weighted by Gasteiger charge is -2.26. The summed E-state index contributed by atoms with van der Waals surface area (Å²) in [5.74, 6) is -0.602. The SMILES string of the molecule is CCOC(=O)c1cn(C(C)(C)C)c2cnc(Br)cc2c1=O. The standard InChI is InChI=1S/C15H17BrN2O3/c1-5-21-14(20)10-8-18(15(2,3)4)11-7-17-12(16)6-9(11)13(10)19/h6-8H,5H2,1-4H3. The van der Waals surface area contributed by atoms with Crippen molar-refractivity contribution in [1.29, 1.82) is 0 Å². The predicted octanol–water partition coefficient (Wildman–Crippen LogP) is 3.09. The molecule has 2 aromatic heterocycles. The van der Waals surface area contributed by atoms with Crippen LogP contribution in [-0.4, -0.2) is 22.1 Å². The average molecular weight is 353 g/mol. The Morgan fingerprint density at radius 3 is 2.67 bits per heavy atom. The van der Waals surface area contributed by atoms with Crippen LogP contribution in [0.15, 0.2) is 27.9 Å². The van der Waals surface area contributed by atoms with E-state index in [9.17, 15) is 9.59 Å². The number of esters is 1. The summed E-state index contributed by atoms with van der Waals surface area (Å²) in [6, 6.07) is 1.63. The van der Waals surface area contributed by atoms with Crippen LogP contribution in [0.5, 0.6) is 0 Å². The molecule has 112 valence electrons. The first-order valence-electron chi connectivity index (χ1n) is 6.64. The first-order valence-corrected chi connectivity index (χ1v) is 7.43. The van der Waals surface area contributed by atoms with Crippen molar-refractivity contribution in [3.8, 4) is 0 Å². The van der Waals surface area contributed by atoms with E-state index in [1.807, 2.05) is 25.3 Å². The Bertz CT molecular complexity index is 760. The highest BCUT2D eigenvalue weighted by Crippen LogP contribution is 2.22. The van der Waals surface area contributed by atoms with Crippen LogP contribution in [0.3, 0.4) is 0 Å². The highest BCUT2D eigenvalue weighted by molar-refractivity contribution is 9.10. The van der Waals surface area contributed by atoms with Crippen LogP contribution in [0.2, 0.25) is 0 Å². The van der Waals surface area contributed by atoms with E-state index < -0.39 is 5.97 Å². The summed E-state index contributed by atoms with van der Waals surface area (Å²) < 4.78 is 7.40. The molecule has 0 aliphatic carbocycles. The van der Waals surface area contributed by atoms with E-state index in [2.05, 4.69) is 20.9 Å². The molecular formula is C15H17BrN2O3. The molecule has 2 rings (SSSR count). The second kappa shape index (κ2) is 5.60. The fraction of sp³-hybridized carbons (Fsp3) is 0.400. The molecule has 2 heterocycles. The third-order valence-electron chi connectivity index (χ3n) is 3.07. The molecule has 6 heteroatoms. The van der Waals surface area contributed by atoms with E-state index in [0.29, 0.717) is 15.5 Å². The Hall–Kier alpha value is -1.69. The molecule has 0 aliphatic rings. The van der Waals surface area contributed by atoms with E-state index in [0.717, 1.165) is 0 Å². The summed E-state index contributed by atoms with van der Waals surface area (Å²) >= 11 is 3.26. The Labute approximate surface area is 131 Å². The van der Waals surface area contributed by atoms with Gasteiger partial charge in [0.15, 0.2) is 0 Å². The molecule has 0 amide bonds. The maximum atomic E-state index is 12.5. The summed E-state index contributed by atoms with van der Waals surface area (Å²) in [5.41, 5.74) is 0.0797. The lowest BCUT2D eigenvalue weighted by molar-refractivity contribution is 0.0524. The highest BCUT2D eigenvalue weighted by Gasteiger charge is 2.22. The van der Waals surface area contributed by atoms with Crippen LogP contribution in [0.1, 0.15) is 38.1 Å². The molecule has 21 heavy (non-hydrogen) atoms. The van der Waals surface area contributed by atoms with Crippen molar-refractivity contribution in [2.24, 2.45) is 0 Å². The second-order valence-corrected chi connectivity index (χ2v) is 6.47. The number of pyridine rings is 2. The average Bonchev–Trinajstić information content (AvgIpc) is 2.38. The van der Waals surface area contributed by atoms with E-state index >= 15 is 0 Å². The zero-order chi connectivity index (χ0) is 15.8. The van der Waals surface area contributed by atoms with Gasteiger partial charge in [-0.15, -0.1) is 0 Å². The quantitative estimate of drug-likeness (QED) is 0.615. The van der Waals surface area contributed by atoms with Crippen LogP contribution in [0.25, 0.3) is 10.9 Å². The van der Waals surface area contributed by atoms with E-state index in [1.54, 1.807) is 25.4 Å². The number of carbonyl (C=O) groups is 1. The van der Waals surface area contributed by atoms with E-state index in [-0.39, 0.29) is 23.1 Å². The fourth-order valence-corrected chi connectivity index (χ4v) is 2.44. The zero-order valence-corrected chi connectivity index (χ0v) is 14.0.